The molecule has 178 valence electrons. The lowest BCUT2D eigenvalue weighted by Crippen LogP contribution is -2.38. The summed E-state index contributed by atoms with van der Waals surface area (Å²) in [6, 6.07) is 13.8. The lowest BCUT2D eigenvalue weighted by molar-refractivity contribution is -0.384. The Kier molecular flexibility index (Phi) is 7.02. The van der Waals surface area contributed by atoms with E-state index in [2.05, 4.69) is 6.92 Å². The molecule has 1 atom stereocenters. The molecule has 9 heteroatoms. The third-order valence-corrected chi connectivity index (χ3v) is 8.89. The van der Waals surface area contributed by atoms with Crippen molar-refractivity contribution >= 4 is 21.4 Å². The number of hydrogen-bond acceptors (Lipinski definition) is 6. The second-order valence-electron chi connectivity index (χ2n) is 9.17. The van der Waals surface area contributed by atoms with Crippen LogP contribution in [0.5, 0.6) is 0 Å². The summed E-state index contributed by atoms with van der Waals surface area (Å²) < 4.78 is 27.6. The fourth-order valence-corrected chi connectivity index (χ4v) is 6.32. The van der Waals surface area contributed by atoms with Gasteiger partial charge in [0.1, 0.15) is 5.69 Å². The average Bonchev–Trinajstić information content (AvgIpc) is 2.84. The van der Waals surface area contributed by atoms with Crippen LogP contribution in [0.2, 0.25) is 0 Å². The highest BCUT2D eigenvalue weighted by molar-refractivity contribution is 7.89. The largest absolute Gasteiger partial charge is 0.388 e. The topological polar surface area (TPSA) is 104 Å². The molecule has 2 aromatic carbocycles. The molecule has 0 radical (unpaired) electrons. The zero-order valence-corrected chi connectivity index (χ0v) is 19.7. The first-order valence-corrected chi connectivity index (χ1v) is 13.0. The summed E-state index contributed by atoms with van der Waals surface area (Å²) >= 11 is 0. The van der Waals surface area contributed by atoms with Gasteiger partial charge in [0.05, 0.1) is 15.9 Å². The number of anilines is 1. The van der Waals surface area contributed by atoms with Crippen molar-refractivity contribution in [2.24, 2.45) is 11.8 Å². The summed E-state index contributed by atoms with van der Waals surface area (Å²) in [5.41, 5.74) is 1.12. The number of rotatable bonds is 6. The van der Waals surface area contributed by atoms with E-state index < -0.39 is 21.1 Å². The minimum atomic E-state index is -3.76. The van der Waals surface area contributed by atoms with Crippen molar-refractivity contribution in [1.82, 2.24) is 4.31 Å². The molecule has 8 nitrogen and oxygen atoms in total. The van der Waals surface area contributed by atoms with Gasteiger partial charge in [-0.2, -0.15) is 4.31 Å². The Morgan fingerprint density at radius 3 is 2.24 bits per heavy atom. The number of nitro benzene ring substituents is 1. The molecule has 2 aromatic rings. The second-order valence-corrected chi connectivity index (χ2v) is 11.1. The quantitative estimate of drug-likeness (QED) is 0.503. The molecule has 0 amide bonds. The highest BCUT2D eigenvalue weighted by Crippen LogP contribution is 2.37. The SMILES string of the molecule is CC1CCN(S(=O)(=O)c2ccc(N3CCC(C(O)c4ccccc4)CC3)c([N+](=O)[O-])c2)CC1. The molecule has 2 aliphatic rings. The maximum Gasteiger partial charge on any atom is 0.293 e. The van der Waals surface area contributed by atoms with Crippen molar-refractivity contribution in [2.75, 3.05) is 31.1 Å². The van der Waals surface area contributed by atoms with E-state index in [0.717, 1.165) is 18.4 Å². The van der Waals surface area contributed by atoms with Crippen LogP contribution >= 0.6 is 0 Å². The van der Waals surface area contributed by atoms with Crippen LogP contribution in [-0.4, -0.2) is 48.9 Å². The Labute approximate surface area is 195 Å². The number of nitro groups is 1. The third-order valence-electron chi connectivity index (χ3n) is 6.99. The highest BCUT2D eigenvalue weighted by atomic mass is 32.2. The third kappa shape index (κ3) is 5.05. The Hall–Kier alpha value is -2.49. The van der Waals surface area contributed by atoms with Crippen LogP contribution in [0, 0.1) is 22.0 Å². The van der Waals surface area contributed by atoms with Crippen molar-refractivity contribution < 1.29 is 18.4 Å². The molecule has 1 unspecified atom stereocenters. The number of hydrogen-bond donors (Lipinski definition) is 1. The summed E-state index contributed by atoms with van der Waals surface area (Å²) in [6.07, 6.45) is 2.41. The minimum Gasteiger partial charge on any atom is -0.388 e. The minimum absolute atomic E-state index is 0.0260. The molecular formula is C24H31N3O5S. The Bertz CT molecular complexity index is 1080. The molecule has 0 spiro atoms. The van der Waals surface area contributed by atoms with Crippen LogP contribution in [-0.2, 0) is 10.0 Å². The summed E-state index contributed by atoms with van der Waals surface area (Å²) in [4.78, 5) is 13.2. The molecule has 2 aliphatic heterocycles. The van der Waals surface area contributed by atoms with Crippen molar-refractivity contribution in [2.45, 2.75) is 43.6 Å². The molecule has 0 saturated carbocycles. The maximum absolute atomic E-state index is 13.1. The van der Waals surface area contributed by atoms with Gasteiger partial charge in [0, 0.05) is 32.2 Å². The fourth-order valence-electron chi connectivity index (χ4n) is 4.83. The van der Waals surface area contributed by atoms with Crippen LogP contribution in [0.1, 0.15) is 44.3 Å². The van der Waals surface area contributed by atoms with E-state index in [4.69, 9.17) is 0 Å². The van der Waals surface area contributed by atoms with Gasteiger partial charge in [-0.3, -0.25) is 10.1 Å². The smallest absolute Gasteiger partial charge is 0.293 e. The van der Waals surface area contributed by atoms with E-state index >= 15 is 0 Å². The molecule has 2 heterocycles. The van der Waals surface area contributed by atoms with Crippen molar-refractivity contribution in [3.05, 3.63) is 64.2 Å². The Morgan fingerprint density at radius 1 is 1.00 bits per heavy atom. The standard InChI is InChI=1S/C24H31N3O5S/c1-18-9-15-26(16-10-18)33(31,32)21-7-8-22(23(17-21)27(29)30)25-13-11-20(12-14-25)24(28)19-5-3-2-4-6-19/h2-8,17-18,20,24,28H,9-16H2,1H3. The van der Waals surface area contributed by atoms with Gasteiger partial charge in [0.2, 0.25) is 10.0 Å². The summed E-state index contributed by atoms with van der Waals surface area (Å²) in [5, 5.41) is 22.6. The number of nitrogens with zero attached hydrogens (tertiary/aromatic N) is 3. The Morgan fingerprint density at radius 2 is 1.64 bits per heavy atom. The average molecular weight is 474 g/mol. The number of sulfonamides is 1. The van der Waals surface area contributed by atoms with Gasteiger partial charge in [-0.25, -0.2) is 8.42 Å². The number of aliphatic hydroxyl groups is 1. The number of piperidine rings is 2. The number of benzene rings is 2. The monoisotopic (exact) mass is 473 g/mol. The lowest BCUT2D eigenvalue weighted by Gasteiger charge is -2.35. The van der Waals surface area contributed by atoms with Gasteiger partial charge in [-0.15, -0.1) is 0 Å². The first kappa shape index (κ1) is 23.7. The van der Waals surface area contributed by atoms with Crippen molar-refractivity contribution in [3.8, 4) is 0 Å². The van der Waals surface area contributed by atoms with Gasteiger partial charge in [-0.05, 0) is 55.2 Å². The van der Waals surface area contributed by atoms with Gasteiger partial charge < -0.3 is 10.0 Å². The predicted molar refractivity (Wildman–Crippen MR) is 127 cm³/mol. The van der Waals surface area contributed by atoms with Gasteiger partial charge in [0.15, 0.2) is 0 Å². The zero-order valence-electron chi connectivity index (χ0n) is 18.8. The van der Waals surface area contributed by atoms with Gasteiger partial charge in [-0.1, -0.05) is 37.3 Å². The van der Waals surface area contributed by atoms with Crippen LogP contribution < -0.4 is 4.90 Å². The first-order valence-electron chi connectivity index (χ1n) is 11.5. The van der Waals surface area contributed by atoms with Crippen LogP contribution in [0.4, 0.5) is 11.4 Å². The van der Waals surface area contributed by atoms with Crippen LogP contribution in [0.3, 0.4) is 0 Å². The first-order chi connectivity index (χ1) is 15.8. The van der Waals surface area contributed by atoms with E-state index in [-0.39, 0.29) is 16.5 Å². The molecule has 1 N–H and O–H groups in total. The highest BCUT2D eigenvalue weighted by Gasteiger charge is 2.33. The van der Waals surface area contributed by atoms with E-state index in [9.17, 15) is 23.6 Å². The van der Waals surface area contributed by atoms with Crippen LogP contribution in [0.25, 0.3) is 0 Å². The van der Waals surface area contributed by atoms with E-state index in [0.29, 0.717) is 50.6 Å². The summed E-state index contributed by atoms with van der Waals surface area (Å²) in [5.74, 6) is 0.556. The normalized spacial score (nSPS) is 20.0. The molecular weight excluding hydrogens is 442 g/mol. The maximum atomic E-state index is 13.1. The molecule has 2 saturated heterocycles. The molecule has 0 bridgehead atoms. The summed E-state index contributed by atoms with van der Waals surface area (Å²) in [6.45, 7) is 4.11. The van der Waals surface area contributed by atoms with Crippen LogP contribution in [0.15, 0.2) is 53.4 Å². The van der Waals surface area contributed by atoms with Gasteiger partial charge >= 0.3 is 0 Å². The zero-order chi connectivity index (χ0) is 23.6. The van der Waals surface area contributed by atoms with Crippen molar-refractivity contribution in [3.63, 3.8) is 0 Å². The predicted octanol–water partition coefficient (Wildman–Crippen LogP) is 3.97. The fraction of sp³-hybridized carbons (Fsp3) is 0.500. The van der Waals surface area contributed by atoms with E-state index in [1.54, 1.807) is 6.07 Å². The van der Waals surface area contributed by atoms with Crippen molar-refractivity contribution in [1.29, 1.82) is 0 Å². The second kappa shape index (κ2) is 9.79. The molecule has 2 fully saturated rings. The molecule has 4 rings (SSSR count). The molecule has 33 heavy (non-hydrogen) atoms. The number of aliphatic hydroxyl groups excluding tert-OH is 1. The van der Waals surface area contributed by atoms with E-state index in [1.165, 1.54) is 16.4 Å². The Balaban J connectivity index is 1.50. The lowest BCUT2D eigenvalue weighted by atomic mass is 9.87. The summed E-state index contributed by atoms with van der Waals surface area (Å²) in [7, 11) is -3.76. The van der Waals surface area contributed by atoms with Gasteiger partial charge in [0.25, 0.3) is 5.69 Å². The molecule has 0 aromatic heterocycles. The molecule has 0 aliphatic carbocycles. The van der Waals surface area contributed by atoms with E-state index in [1.807, 2.05) is 35.2 Å².